The van der Waals surface area contributed by atoms with Gasteiger partial charge in [-0.3, -0.25) is 4.79 Å². The second kappa shape index (κ2) is 5.59. The Balaban J connectivity index is 1.60. The number of amides is 3. The van der Waals surface area contributed by atoms with E-state index in [0.29, 0.717) is 25.9 Å². The van der Waals surface area contributed by atoms with Crippen LogP contribution in [-0.4, -0.2) is 29.9 Å². The van der Waals surface area contributed by atoms with E-state index in [1.165, 1.54) is 12.1 Å². The van der Waals surface area contributed by atoms with Crippen LogP contribution in [-0.2, 0) is 10.3 Å². The van der Waals surface area contributed by atoms with Gasteiger partial charge in [0.1, 0.15) is 5.82 Å². The Morgan fingerprint density at radius 3 is 2.27 bits per heavy atom. The fourth-order valence-corrected chi connectivity index (χ4v) is 3.03. The Bertz CT molecular complexity index is 576. The predicted molar refractivity (Wildman–Crippen MR) is 79.3 cm³/mol. The monoisotopic (exact) mass is 305 g/mol. The minimum Gasteiger partial charge on any atom is -0.369 e. The third-order valence-corrected chi connectivity index (χ3v) is 4.68. The normalized spacial score (nSPS) is 20.5. The van der Waals surface area contributed by atoms with Crippen LogP contribution in [0.25, 0.3) is 0 Å². The van der Waals surface area contributed by atoms with Crippen LogP contribution < -0.4 is 11.1 Å². The molecular formula is C16H20FN3O2. The Morgan fingerprint density at radius 2 is 1.77 bits per heavy atom. The number of likely N-dealkylation sites (tertiary alicyclic amines) is 1. The summed E-state index contributed by atoms with van der Waals surface area (Å²) in [5.74, 6) is -0.694. The molecule has 1 aliphatic carbocycles. The average molecular weight is 305 g/mol. The summed E-state index contributed by atoms with van der Waals surface area (Å²) >= 11 is 0. The zero-order valence-electron chi connectivity index (χ0n) is 12.3. The van der Waals surface area contributed by atoms with Crippen LogP contribution in [0.15, 0.2) is 24.3 Å². The lowest BCUT2D eigenvalue weighted by molar-refractivity contribution is -0.123. The zero-order valence-corrected chi connectivity index (χ0v) is 12.3. The van der Waals surface area contributed by atoms with Crippen LogP contribution in [0.4, 0.5) is 9.18 Å². The number of halogens is 1. The lowest BCUT2D eigenvalue weighted by Gasteiger charge is -2.32. The number of piperidine rings is 1. The molecule has 22 heavy (non-hydrogen) atoms. The summed E-state index contributed by atoms with van der Waals surface area (Å²) in [5, 5.41) is 3.07. The van der Waals surface area contributed by atoms with E-state index in [2.05, 4.69) is 5.32 Å². The van der Waals surface area contributed by atoms with E-state index in [9.17, 15) is 14.0 Å². The molecule has 5 nitrogen and oxygen atoms in total. The number of primary amides is 1. The first-order chi connectivity index (χ1) is 10.5. The molecule has 1 saturated carbocycles. The quantitative estimate of drug-likeness (QED) is 0.892. The van der Waals surface area contributed by atoms with Crippen molar-refractivity contribution in [2.24, 2.45) is 11.7 Å². The number of carbonyl (C=O) groups is 2. The van der Waals surface area contributed by atoms with E-state index >= 15 is 0 Å². The largest absolute Gasteiger partial charge is 0.369 e. The number of urea groups is 1. The molecule has 1 saturated heterocycles. The molecule has 3 amide bonds. The third-order valence-electron chi connectivity index (χ3n) is 4.68. The maximum atomic E-state index is 13.0. The van der Waals surface area contributed by atoms with Gasteiger partial charge in [0.05, 0.1) is 5.54 Å². The van der Waals surface area contributed by atoms with Crippen molar-refractivity contribution in [2.45, 2.75) is 31.2 Å². The molecule has 3 N–H and O–H groups in total. The summed E-state index contributed by atoms with van der Waals surface area (Å²) in [6.07, 6.45) is 2.96. The van der Waals surface area contributed by atoms with Crippen molar-refractivity contribution in [3.05, 3.63) is 35.6 Å². The molecule has 1 aromatic rings. The van der Waals surface area contributed by atoms with Gasteiger partial charge in [-0.05, 0) is 43.4 Å². The van der Waals surface area contributed by atoms with Crippen molar-refractivity contribution < 1.29 is 14.0 Å². The van der Waals surface area contributed by atoms with E-state index < -0.39 is 0 Å². The molecule has 0 bridgehead atoms. The molecule has 1 heterocycles. The number of rotatable bonds is 3. The number of hydrogen-bond donors (Lipinski definition) is 2. The topological polar surface area (TPSA) is 75.4 Å². The van der Waals surface area contributed by atoms with E-state index in [1.54, 1.807) is 17.0 Å². The molecule has 0 atom stereocenters. The number of hydrogen-bond acceptors (Lipinski definition) is 2. The Morgan fingerprint density at radius 1 is 1.18 bits per heavy atom. The fraction of sp³-hybridized carbons (Fsp3) is 0.500. The highest BCUT2D eigenvalue weighted by atomic mass is 19.1. The highest BCUT2D eigenvalue weighted by molar-refractivity contribution is 5.78. The van der Waals surface area contributed by atoms with Crippen molar-refractivity contribution in [1.82, 2.24) is 10.2 Å². The molecule has 1 aromatic carbocycles. The number of carbonyl (C=O) groups excluding carboxylic acids is 2. The van der Waals surface area contributed by atoms with Crippen LogP contribution >= 0.6 is 0 Å². The zero-order chi connectivity index (χ0) is 15.7. The summed E-state index contributed by atoms with van der Waals surface area (Å²) in [7, 11) is 0. The Hall–Kier alpha value is -2.11. The lowest BCUT2D eigenvalue weighted by atomic mass is 9.96. The average Bonchev–Trinajstić information content (AvgIpc) is 3.28. The first-order valence-corrected chi connectivity index (χ1v) is 7.63. The standard InChI is InChI=1S/C16H20FN3O2/c17-13-3-1-12(2-4-13)16(7-8-16)19-15(22)20-9-5-11(6-10-20)14(18)21/h1-4,11H,5-10H2,(H2,18,21)(H,19,22). The van der Waals surface area contributed by atoms with Crippen LogP contribution in [0.1, 0.15) is 31.2 Å². The molecule has 2 fully saturated rings. The Labute approximate surface area is 128 Å². The van der Waals surface area contributed by atoms with Gasteiger partial charge in [-0.25, -0.2) is 9.18 Å². The van der Waals surface area contributed by atoms with Crippen LogP contribution in [0, 0.1) is 11.7 Å². The highest BCUT2D eigenvalue weighted by Crippen LogP contribution is 2.45. The summed E-state index contributed by atoms with van der Waals surface area (Å²) in [6.45, 7) is 1.08. The molecule has 1 aliphatic heterocycles. The van der Waals surface area contributed by atoms with Gasteiger partial charge in [0.15, 0.2) is 0 Å². The van der Waals surface area contributed by atoms with Crippen molar-refractivity contribution >= 4 is 11.9 Å². The SMILES string of the molecule is NC(=O)C1CCN(C(=O)NC2(c3ccc(F)cc3)CC2)CC1. The smallest absolute Gasteiger partial charge is 0.318 e. The molecule has 0 spiro atoms. The van der Waals surface area contributed by atoms with Crippen LogP contribution in [0.2, 0.25) is 0 Å². The number of nitrogens with two attached hydrogens (primary N) is 1. The fourth-order valence-electron chi connectivity index (χ4n) is 3.03. The molecule has 0 radical (unpaired) electrons. The number of nitrogens with zero attached hydrogens (tertiary/aromatic N) is 1. The molecule has 6 heteroatoms. The van der Waals surface area contributed by atoms with Gasteiger partial charge in [-0.15, -0.1) is 0 Å². The van der Waals surface area contributed by atoms with Gasteiger partial charge >= 0.3 is 6.03 Å². The third kappa shape index (κ3) is 2.91. The van der Waals surface area contributed by atoms with Crippen LogP contribution in [0.5, 0.6) is 0 Å². The van der Waals surface area contributed by atoms with E-state index in [1.807, 2.05) is 0 Å². The van der Waals surface area contributed by atoms with Gasteiger partial charge in [-0.2, -0.15) is 0 Å². The Kier molecular flexibility index (Phi) is 3.76. The van der Waals surface area contributed by atoms with Gasteiger partial charge < -0.3 is 16.0 Å². The van der Waals surface area contributed by atoms with Gasteiger partial charge in [0.2, 0.25) is 5.91 Å². The second-order valence-electron chi connectivity index (χ2n) is 6.18. The highest BCUT2D eigenvalue weighted by Gasteiger charge is 2.46. The molecular weight excluding hydrogens is 285 g/mol. The molecule has 118 valence electrons. The summed E-state index contributed by atoms with van der Waals surface area (Å²) in [5.41, 5.74) is 5.88. The maximum absolute atomic E-state index is 13.0. The van der Waals surface area contributed by atoms with Gasteiger partial charge in [-0.1, -0.05) is 12.1 Å². The van der Waals surface area contributed by atoms with E-state index in [0.717, 1.165) is 18.4 Å². The number of benzene rings is 1. The summed E-state index contributed by atoms with van der Waals surface area (Å²) in [6, 6.07) is 6.16. The predicted octanol–water partition coefficient (Wildman–Crippen LogP) is 1.72. The maximum Gasteiger partial charge on any atom is 0.318 e. The first-order valence-electron chi connectivity index (χ1n) is 7.63. The van der Waals surface area contributed by atoms with E-state index in [-0.39, 0.29) is 29.2 Å². The van der Waals surface area contributed by atoms with Crippen LogP contribution in [0.3, 0.4) is 0 Å². The van der Waals surface area contributed by atoms with E-state index in [4.69, 9.17) is 5.73 Å². The number of nitrogens with one attached hydrogen (secondary N) is 1. The van der Waals surface area contributed by atoms with Crippen molar-refractivity contribution in [2.75, 3.05) is 13.1 Å². The van der Waals surface area contributed by atoms with Crippen molar-refractivity contribution in [1.29, 1.82) is 0 Å². The minimum atomic E-state index is -0.356. The first kappa shape index (κ1) is 14.8. The molecule has 3 rings (SSSR count). The molecule has 0 unspecified atom stereocenters. The van der Waals surface area contributed by atoms with Crippen molar-refractivity contribution in [3.63, 3.8) is 0 Å². The summed E-state index contributed by atoms with van der Waals surface area (Å²) in [4.78, 5) is 25.3. The minimum absolute atomic E-state index is 0.121. The molecule has 0 aromatic heterocycles. The van der Waals surface area contributed by atoms with Gasteiger partial charge in [0, 0.05) is 19.0 Å². The molecule has 2 aliphatic rings. The van der Waals surface area contributed by atoms with Crippen molar-refractivity contribution in [3.8, 4) is 0 Å². The van der Waals surface area contributed by atoms with Gasteiger partial charge in [0.25, 0.3) is 0 Å². The lowest BCUT2D eigenvalue weighted by Crippen LogP contribution is -2.49. The summed E-state index contributed by atoms with van der Waals surface area (Å²) < 4.78 is 13.0. The second-order valence-corrected chi connectivity index (χ2v) is 6.18.